The highest BCUT2D eigenvalue weighted by molar-refractivity contribution is 7.89. The molecule has 0 bridgehead atoms. The van der Waals surface area contributed by atoms with Crippen LogP contribution < -0.4 is 15.6 Å². The number of sulfonamides is 1. The maximum Gasteiger partial charge on any atom is 0.387 e. The van der Waals surface area contributed by atoms with Gasteiger partial charge in [-0.3, -0.25) is 4.79 Å². The average molecular weight is 580 g/mol. The van der Waals surface area contributed by atoms with Gasteiger partial charge in [-0.05, 0) is 44.2 Å². The molecule has 4 heterocycles. The lowest BCUT2D eigenvalue weighted by Crippen LogP contribution is -2.42. The highest BCUT2D eigenvalue weighted by Gasteiger charge is 2.35. The molecule has 210 valence electrons. The van der Waals surface area contributed by atoms with Crippen molar-refractivity contribution in [3.63, 3.8) is 0 Å². The number of pyridine rings is 1. The summed E-state index contributed by atoms with van der Waals surface area (Å²) in [5.74, 6) is -0.526. The van der Waals surface area contributed by atoms with Gasteiger partial charge in [-0.15, -0.1) is 0 Å². The number of ether oxygens (including phenoxy) is 2. The first-order valence-corrected chi connectivity index (χ1v) is 14.1. The van der Waals surface area contributed by atoms with Gasteiger partial charge >= 0.3 is 6.61 Å². The van der Waals surface area contributed by atoms with Gasteiger partial charge in [-0.25, -0.2) is 22.5 Å². The van der Waals surface area contributed by atoms with E-state index in [1.807, 2.05) is 0 Å². The first-order chi connectivity index (χ1) is 18.0. The quantitative estimate of drug-likeness (QED) is 0.481. The molecule has 38 heavy (non-hydrogen) atoms. The van der Waals surface area contributed by atoms with E-state index in [1.165, 1.54) is 23.0 Å². The van der Waals surface area contributed by atoms with E-state index in [9.17, 15) is 26.4 Å². The number of hydrogen-bond donors (Lipinski definition) is 1. The third kappa shape index (κ3) is 6.24. The third-order valence-electron chi connectivity index (χ3n) is 6.63. The lowest BCUT2D eigenvalue weighted by atomic mass is 9.99. The molecule has 0 aliphatic carbocycles. The summed E-state index contributed by atoms with van der Waals surface area (Å²) in [5, 5.41) is 6.31. The smallest absolute Gasteiger partial charge is 0.387 e. The van der Waals surface area contributed by atoms with Crippen LogP contribution >= 0.6 is 11.6 Å². The Bertz CT molecular complexity index is 1300. The summed E-state index contributed by atoms with van der Waals surface area (Å²) in [6, 6.07) is 2.15. The Morgan fingerprint density at radius 1 is 1.32 bits per heavy atom. The van der Waals surface area contributed by atoms with Crippen molar-refractivity contribution in [2.45, 2.75) is 62.4 Å². The zero-order valence-corrected chi connectivity index (χ0v) is 22.3. The first-order valence-electron chi connectivity index (χ1n) is 12.3. The van der Waals surface area contributed by atoms with Gasteiger partial charge in [0.2, 0.25) is 5.03 Å². The van der Waals surface area contributed by atoms with E-state index in [4.69, 9.17) is 16.3 Å². The summed E-state index contributed by atoms with van der Waals surface area (Å²) in [6.07, 6.45) is 3.11. The Morgan fingerprint density at radius 2 is 2.05 bits per heavy atom. The van der Waals surface area contributed by atoms with Gasteiger partial charge < -0.3 is 14.8 Å². The normalized spacial score (nSPS) is 21.5. The van der Waals surface area contributed by atoms with Crippen molar-refractivity contribution < 1.29 is 31.1 Å². The van der Waals surface area contributed by atoms with Crippen LogP contribution in [0.2, 0.25) is 5.02 Å². The van der Waals surface area contributed by atoms with Gasteiger partial charge in [0.1, 0.15) is 5.02 Å². The molecule has 2 aliphatic heterocycles. The largest absolute Gasteiger partial charge is 0.432 e. The number of halogens is 4. The molecular formula is C23H29ClF3N5O5S. The SMILES string of the molecule is CCc1ccc(OC(F)F)c(S(=O)(=O)N2CCC(n3ncc(NCC4(F)CCCOC4)c(Cl)c3=O)CC2)n1. The Hall–Kier alpha value is -2.42. The number of aryl methyl sites for hydroxylation is 1. The van der Waals surface area contributed by atoms with Crippen molar-refractivity contribution in [2.24, 2.45) is 0 Å². The standard InChI is InChI=1S/C23H29ClF3N5O5S/c1-2-15-4-5-18(37-22(25)26)20(30-15)38(34,35)31-9-6-16(7-10-31)32-21(33)19(24)17(12-29-32)28-13-23(27)8-3-11-36-14-23/h4-5,12,16,22,28H,2-3,6-11,13-14H2,1H3. The van der Waals surface area contributed by atoms with Crippen LogP contribution in [0, 0.1) is 0 Å². The Morgan fingerprint density at radius 3 is 2.68 bits per heavy atom. The molecule has 0 saturated carbocycles. The molecule has 2 saturated heterocycles. The second-order valence-electron chi connectivity index (χ2n) is 9.26. The van der Waals surface area contributed by atoms with E-state index in [0.717, 1.165) is 4.31 Å². The minimum absolute atomic E-state index is 0.00470. The van der Waals surface area contributed by atoms with E-state index in [1.54, 1.807) is 6.92 Å². The van der Waals surface area contributed by atoms with Crippen molar-refractivity contribution in [1.29, 1.82) is 0 Å². The van der Waals surface area contributed by atoms with E-state index < -0.39 is 44.7 Å². The zero-order valence-electron chi connectivity index (χ0n) is 20.7. The fourth-order valence-electron chi connectivity index (χ4n) is 4.52. The summed E-state index contributed by atoms with van der Waals surface area (Å²) in [7, 11) is -4.25. The monoisotopic (exact) mass is 579 g/mol. The summed E-state index contributed by atoms with van der Waals surface area (Å²) >= 11 is 6.27. The number of nitrogens with one attached hydrogen (secondary N) is 1. The van der Waals surface area contributed by atoms with Crippen LogP contribution in [0.1, 0.15) is 44.3 Å². The van der Waals surface area contributed by atoms with Crippen LogP contribution in [-0.4, -0.2) is 72.6 Å². The second-order valence-corrected chi connectivity index (χ2v) is 11.5. The van der Waals surface area contributed by atoms with Crippen molar-refractivity contribution in [1.82, 2.24) is 19.1 Å². The molecule has 0 spiro atoms. The molecule has 10 nitrogen and oxygen atoms in total. The second kappa shape index (κ2) is 11.8. The molecule has 1 atom stereocenters. The predicted molar refractivity (Wildman–Crippen MR) is 133 cm³/mol. The maximum absolute atomic E-state index is 14.8. The van der Waals surface area contributed by atoms with Crippen LogP contribution in [0.25, 0.3) is 0 Å². The van der Waals surface area contributed by atoms with Gasteiger partial charge in [-0.2, -0.15) is 18.2 Å². The minimum Gasteiger partial charge on any atom is -0.432 e. The molecule has 1 N–H and O–H groups in total. The minimum atomic E-state index is -4.25. The number of nitrogens with zero attached hydrogens (tertiary/aromatic N) is 4. The molecule has 4 rings (SSSR count). The van der Waals surface area contributed by atoms with Crippen LogP contribution in [0.3, 0.4) is 0 Å². The van der Waals surface area contributed by atoms with Gasteiger partial charge in [0, 0.05) is 25.4 Å². The van der Waals surface area contributed by atoms with E-state index in [2.05, 4.69) is 20.1 Å². The third-order valence-corrected chi connectivity index (χ3v) is 8.82. The molecule has 0 aromatic carbocycles. The van der Waals surface area contributed by atoms with Gasteiger partial charge in [0.15, 0.2) is 11.4 Å². The van der Waals surface area contributed by atoms with Crippen LogP contribution in [-0.2, 0) is 21.2 Å². The molecule has 2 aromatic heterocycles. The fraction of sp³-hybridized carbons (Fsp3) is 0.609. The fourth-order valence-corrected chi connectivity index (χ4v) is 6.26. The summed E-state index contributed by atoms with van der Waals surface area (Å²) in [4.78, 5) is 17.0. The van der Waals surface area contributed by atoms with Crippen molar-refractivity contribution in [3.05, 3.63) is 39.4 Å². The molecule has 0 radical (unpaired) electrons. The molecule has 15 heteroatoms. The Labute approximate surface area is 223 Å². The lowest BCUT2D eigenvalue weighted by molar-refractivity contribution is -0.0522. The molecule has 2 aliphatic rings. The zero-order chi connectivity index (χ0) is 27.5. The first kappa shape index (κ1) is 28.6. The number of anilines is 1. The van der Waals surface area contributed by atoms with Gasteiger partial charge in [-0.1, -0.05) is 18.5 Å². The predicted octanol–water partition coefficient (Wildman–Crippen LogP) is 3.41. The molecule has 2 fully saturated rings. The topological polar surface area (TPSA) is 116 Å². The number of hydrogen-bond acceptors (Lipinski definition) is 8. The molecule has 2 aromatic rings. The van der Waals surface area contributed by atoms with Crippen molar-refractivity contribution in [2.75, 3.05) is 38.2 Å². The number of alkyl halides is 3. The van der Waals surface area contributed by atoms with E-state index >= 15 is 0 Å². The maximum atomic E-state index is 14.8. The number of piperidine rings is 1. The van der Waals surface area contributed by atoms with Crippen LogP contribution in [0.4, 0.5) is 18.9 Å². The average Bonchev–Trinajstić information content (AvgIpc) is 2.90. The van der Waals surface area contributed by atoms with Gasteiger partial charge in [0.05, 0.1) is 31.1 Å². The highest BCUT2D eigenvalue weighted by atomic mass is 35.5. The lowest BCUT2D eigenvalue weighted by Gasteiger charge is -2.32. The molecule has 0 amide bonds. The summed E-state index contributed by atoms with van der Waals surface area (Å²) < 4.78 is 79.0. The van der Waals surface area contributed by atoms with Gasteiger partial charge in [0.25, 0.3) is 15.6 Å². The van der Waals surface area contributed by atoms with Crippen molar-refractivity contribution in [3.8, 4) is 5.75 Å². The number of rotatable bonds is 9. The number of aromatic nitrogens is 3. The summed E-state index contributed by atoms with van der Waals surface area (Å²) in [6.45, 7) is -1.08. The molecule has 1 unspecified atom stereocenters. The van der Waals surface area contributed by atoms with E-state index in [-0.39, 0.29) is 49.8 Å². The van der Waals surface area contributed by atoms with Crippen molar-refractivity contribution >= 4 is 27.3 Å². The van der Waals surface area contributed by atoms with Crippen LogP contribution in [0.5, 0.6) is 5.75 Å². The highest BCUT2D eigenvalue weighted by Crippen LogP contribution is 2.31. The Balaban J connectivity index is 1.46. The van der Waals surface area contributed by atoms with Crippen LogP contribution in [0.15, 0.2) is 28.2 Å². The molecular weight excluding hydrogens is 551 g/mol. The summed E-state index contributed by atoms with van der Waals surface area (Å²) in [5.41, 5.74) is -1.55. The van der Waals surface area contributed by atoms with E-state index in [0.29, 0.717) is 31.6 Å². The Kier molecular flexibility index (Phi) is 8.85.